The Morgan fingerprint density at radius 2 is 1.71 bits per heavy atom. The lowest BCUT2D eigenvalue weighted by Crippen LogP contribution is -2.59. The van der Waals surface area contributed by atoms with Crippen molar-refractivity contribution in [2.75, 3.05) is 23.4 Å². The third-order valence-corrected chi connectivity index (χ3v) is 9.88. The average Bonchev–Trinajstić information content (AvgIpc) is 2.96. The summed E-state index contributed by atoms with van der Waals surface area (Å²) in [5.74, 6) is -2.32. The molecule has 1 aliphatic carbocycles. The monoisotopic (exact) mass is 652 g/mol. The van der Waals surface area contributed by atoms with E-state index < -0.39 is 43.1 Å². The molecule has 13 heteroatoms. The van der Waals surface area contributed by atoms with Crippen LogP contribution in [-0.4, -0.2) is 47.6 Å². The third kappa shape index (κ3) is 6.51. The van der Waals surface area contributed by atoms with Crippen molar-refractivity contribution >= 4 is 48.8 Å². The molecule has 0 amide bonds. The number of amidine groups is 1. The predicted molar refractivity (Wildman–Crippen MR) is 173 cm³/mol. The van der Waals surface area contributed by atoms with Gasteiger partial charge in [-0.2, -0.15) is 8.42 Å². The Morgan fingerprint density at radius 1 is 1.02 bits per heavy atom. The first-order valence-corrected chi connectivity index (χ1v) is 17.7. The first-order valence-electron chi connectivity index (χ1n) is 14.3. The molecular weight excluding hydrogens is 617 g/mol. The predicted octanol–water partition coefficient (Wildman–Crippen LogP) is 4.47. The molecule has 238 valence electrons. The molecule has 1 aliphatic heterocycles. The van der Waals surface area contributed by atoms with Crippen molar-refractivity contribution in [1.29, 1.82) is 0 Å². The minimum absolute atomic E-state index is 0.0285. The molecule has 0 saturated heterocycles. The number of nitrogens with one attached hydrogen (secondary N) is 3. The molecule has 3 aromatic rings. The number of benzene rings is 3. The number of nitrogens with zero attached hydrogens (tertiary/aromatic N) is 1. The Balaban J connectivity index is 1.62. The third-order valence-electron chi connectivity index (χ3n) is 7.94. The molecule has 0 radical (unpaired) electrons. The number of hydrogen-bond donors (Lipinski definition) is 3. The van der Waals surface area contributed by atoms with E-state index in [1.54, 1.807) is 31.4 Å². The maximum absolute atomic E-state index is 14.8. The molecule has 2 aliphatic rings. The van der Waals surface area contributed by atoms with Crippen LogP contribution in [0.1, 0.15) is 55.1 Å². The van der Waals surface area contributed by atoms with Gasteiger partial charge in [0.2, 0.25) is 10.0 Å². The van der Waals surface area contributed by atoms with Crippen LogP contribution in [0.5, 0.6) is 5.75 Å². The summed E-state index contributed by atoms with van der Waals surface area (Å²) in [5.41, 5.74) is 0.168. The number of hydrogen-bond acceptors (Lipinski definition) is 9. The number of ether oxygens (including phenoxy) is 1. The smallest absolute Gasteiger partial charge is 0.286 e. The van der Waals surface area contributed by atoms with Crippen molar-refractivity contribution in [3.05, 3.63) is 83.4 Å². The number of carbonyl (C=O) groups excluding carboxylic acids is 2. The van der Waals surface area contributed by atoms with Crippen molar-refractivity contribution in [1.82, 2.24) is 5.32 Å². The summed E-state index contributed by atoms with van der Waals surface area (Å²) >= 11 is 0. The number of rotatable bonds is 9. The minimum atomic E-state index is -4.43. The van der Waals surface area contributed by atoms with Gasteiger partial charge in [-0.15, -0.1) is 4.40 Å². The van der Waals surface area contributed by atoms with Crippen LogP contribution in [0.15, 0.2) is 76.0 Å². The molecule has 0 spiro atoms. The van der Waals surface area contributed by atoms with Crippen LogP contribution in [0.3, 0.4) is 0 Å². The Hall–Kier alpha value is -4.07. The number of sulfonamides is 2. The quantitative estimate of drug-likeness (QED) is 0.283. The molecule has 3 N–H and O–H groups in total. The lowest BCUT2D eigenvalue weighted by molar-refractivity contribution is -0.128. The first-order chi connectivity index (χ1) is 21.0. The highest BCUT2D eigenvalue weighted by Crippen LogP contribution is 2.43. The SMILES string of the molecule is COc1ccccc1CNC1(CCC(C)(C)C)C(=O)C(C2=NS(=O)(=O)c3cc(NS(C)(=O)=O)ccc3N2)C(=O)c2ccccc21. The zero-order valence-electron chi connectivity index (χ0n) is 25.7. The van der Waals surface area contributed by atoms with Gasteiger partial charge in [0.25, 0.3) is 10.0 Å². The van der Waals surface area contributed by atoms with Gasteiger partial charge in [0.1, 0.15) is 27.9 Å². The second-order valence-corrected chi connectivity index (χ2v) is 15.8. The average molecular weight is 653 g/mol. The van der Waals surface area contributed by atoms with Crippen LogP contribution in [0.2, 0.25) is 0 Å². The molecule has 11 nitrogen and oxygen atoms in total. The fourth-order valence-electron chi connectivity index (χ4n) is 5.74. The molecule has 0 fully saturated rings. The number of methoxy groups -OCH3 is 1. The highest BCUT2D eigenvalue weighted by molar-refractivity contribution is 7.92. The maximum atomic E-state index is 14.8. The van der Waals surface area contributed by atoms with Crippen LogP contribution in [0, 0.1) is 11.3 Å². The van der Waals surface area contributed by atoms with Gasteiger partial charge in [-0.05, 0) is 48.1 Å². The number of fused-ring (bicyclic) bond motifs is 2. The summed E-state index contributed by atoms with van der Waals surface area (Å²) in [6.07, 6.45) is 1.87. The normalized spacial score (nSPS) is 20.8. The number of carbonyl (C=O) groups is 2. The van der Waals surface area contributed by atoms with Gasteiger partial charge in [-0.3, -0.25) is 19.6 Å². The highest BCUT2D eigenvalue weighted by Gasteiger charge is 2.54. The topological polar surface area (TPSA) is 160 Å². The van der Waals surface area contributed by atoms with E-state index in [1.165, 1.54) is 12.1 Å². The summed E-state index contributed by atoms with van der Waals surface area (Å²) in [7, 11) is -6.54. The number of Topliss-reactive ketones (excluding diaryl/α,β-unsaturated/α-hetero) is 2. The molecule has 0 aromatic heterocycles. The van der Waals surface area contributed by atoms with Crippen molar-refractivity contribution in [3.63, 3.8) is 0 Å². The zero-order chi connectivity index (χ0) is 32.8. The van der Waals surface area contributed by atoms with E-state index in [-0.39, 0.29) is 34.1 Å². The molecule has 2 atom stereocenters. The molecule has 3 aromatic carbocycles. The molecule has 45 heavy (non-hydrogen) atoms. The van der Waals surface area contributed by atoms with Crippen molar-refractivity contribution in [3.8, 4) is 5.75 Å². The van der Waals surface area contributed by atoms with Crippen molar-refractivity contribution in [2.24, 2.45) is 15.7 Å². The maximum Gasteiger partial charge on any atom is 0.286 e. The van der Waals surface area contributed by atoms with Crippen molar-refractivity contribution < 1.29 is 31.2 Å². The van der Waals surface area contributed by atoms with Gasteiger partial charge in [0.15, 0.2) is 11.6 Å². The van der Waals surface area contributed by atoms with E-state index in [4.69, 9.17) is 4.74 Å². The second-order valence-electron chi connectivity index (χ2n) is 12.5. The number of ketones is 2. The minimum Gasteiger partial charge on any atom is -0.496 e. The van der Waals surface area contributed by atoms with Gasteiger partial charge in [0, 0.05) is 23.4 Å². The van der Waals surface area contributed by atoms with E-state index in [2.05, 4.69) is 40.5 Å². The standard InChI is InChI=1S/C32H36N4O7S2/c1-31(2,3)16-17-32(33-19-20-10-6-9-13-25(20)43-4)23-12-8-7-11-22(23)28(37)27(29(32)38)30-34-24-15-14-21(35-44(5,39)40)18-26(24)45(41,42)36-30/h6-15,18,27,33,35H,16-17,19H2,1-5H3,(H,34,36). The van der Waals surface area contributed by atoms with Crippen LogP contribution in [0.25, 0.3) is 0 Å². The summed E-state index contributed by atoms with van der Waals surface area (Å²) in [4.78, 5) is 28.6. The van der Waals surface area contributed by atoms with Gasteiger partial charge >= 0.3 is 0 Å². The van der Waals surface area contributed by atoms with Crippen LogP contribution in [-0.2, 0) is 36.9 Å². The van der Waals surface area contributed by atoms with Gasteiger partial charge in [-0.25, -0.2) is 8.42 Å². The van der Waals surface area contributed by atoms with Gasteiger partial charge in [0.05, 0.1) is 19.1 Å². The largest absolute Gasteiger partial charge is 0.496 e. The Bertz CT molecular complexity index is 1930. The Kier molecular flexibility index (Phi) is 8.40. The summed E-state index contributed by atoms with van der Waals surface area (Å²) in [6.45, 7) is 6.41. The molecule has 0 bridgehead atoms. The lowest BCUT2D eigenvalue weighted by Gasteiger charge is -2.43. The van der Waals surface area contributed by atoms with Crippen LogP contribution < -0.4 is 20.1 Å². The van der Waals surface area contributed by atoms with E-state index in [1.807, 2.05) is 24.3 Å². The van der Waals surface area contributed by atoms with E-state index in [9.17, 15) is 26.4 Å². The van der Waals surface area contributed by atoms with E-state index >= 15 is 0 Å². The van der Waals surface area contributed by atoms with Gasteiger partial charge < -0.3 is 10.1 Å². The second kappa shape index (κ2) is 11.7. The Labute approximate surface area is 263 Å². The molecule has 5 rings (SSSR count). The van der Waals surface area contributed by atoms with Crippen LogP contribution in [0.4, 0.5) is 11.4 Å². The fraction of sp³-hybridized carbons (Fsp3) is 0.344. The molecule has 0 saturated carbocycles. The van der Waals surface area contributed by atoms with E-state index in [0.717, 1.165) is 17.9 Å². The summed E-state index contributed by atoms with van der Waals surface area (Å²) < 4.78 is 62.1. The summed E-state index contributed by atoms with van der Waals surface area (Å²) in [6, 6.07) is 18.2. The zero-order valence-corrected chi connectivity index (χ0v) is 27.3. The number of anilines is 2. The van der Waals surface area contributed by atoms with E-state index in [0.29, 0.717) is 29.7 Å². The van der Waals surface area contributed by atoms with Crippen LogP contribution >= 0.6 is 0 Å². The fourth-order valence-corrected chi connectivity index (χ4v) is 7.48. The highest BCUT2D eigenvalue weighted by atomic mass is 32.2. The Morgan fingerprint density at radius 3 is 2.40 bits per heavy atom. The molecular formula is C32H36N4O7S2. The first kappa shape index (κ1) is 32.3. The summed E-state index contributed by atoms with van der Waals surface area (Å²) in [5, 5.41) is 6.39. The number of para-hydroxylation sites is 1. The van der Waals surface area contributed by atoms with Gasteiger partial charge in [-0.1, -0.05) is 63.2 Å². The molecule has 1 heterocycles. The van der Waals surface area contributed by atoms with Crippen molar-refractivity contribution in [2.45, 2.75) is 50.6 Å². The molecule has 2 unspecified atom stereocenters. The lowest BCUT2D eigenvalue weighted by atomic mass is 9.66.